The lowest BCUT2D eigenvalue weighted by atomic mass is 9.95. The molecule has 1 aliphatic rings. The highest BCUT2D eigenvalue weighted by atomic mass is 127. The number of aromatic hydroxyl groups is 1. The Balaban J connectivity index is 0.00000312. The molecule has 0 bridgehead atoms. The summed E-state index contributed by atoms with van der Waals surface area (Å²) in [5.41, 5.74) is 5.99. The van der Waals surface area contributed by atoms with Gasteiger partial charge in [0.25, 0.3) is 0 Å². The first kappa shape index (κ1) is 21.5. The van der Waals surface area contributed by atoms with Gasteiger partial charge in [-0.25, -0.2) is 9.38 Å². The molecule has 0 aromatic heterocycles. The van der Waals surface area contributed by atoms with Gasteiger partial charge in [-0.2, -0.15) is 0 Å². The number of nitrogens with one attached hydrogen (secondary N) is 1. The Bertz CT molecular complexity index is 612. The van der Waals surface area contributed by atoms with Crippen LogP contribution in [0.3, 0.4) is 0 Å². The molecule has 6 nitrogen and oxygen atoms in total. The summed E-state index contributed by atoms with van der Waals surface area (Å²) >= 11 is 0. The molecule has 1 aliphatic heterocycles. The van der Waals surface area contributed by atoms with Crippen LogP contribution in [-0.2, 0) is 11.3 Å². The first-order valence-electron chi connectivity index (χ1n) is 8.28. The van der Waals surface area contributed by atoms with E-state index < -0.39 is 5.82 Å². The van der Waals surface area contributed by atoms with Gasteiger partial charge >= 0.3 is 0 Å². The van der Waals surface area contributed by atoms with Gasteiger partial charge < -0.3 is 21.1 Å². The number of hydrogen-bond donors (Lipinski definition) is 3. The average molecular weight is 464 g/mol. The number of benzene rings is 1. The number of halogens is 2. The van der Waals surface area contributed by atoms with Crippen molar-refractivity contribution in [1.82, 2.24) is 10.2 Å². The van der Waals surface area contributed by atoms with E-state index in [1.165, 1.54) is 12.1 Å². The van der Waals surface area contributed by atoms with Gasteiger partial charge in [0.1, 0.15) is 0 Å². The number of guanidine groups is 1. The molecule has 1 atom stereocenters. The normalized spacial score (nSPS) is 17.8. The standard InChI is InChI=1S/C17H25FN4O2.HI/c1-2-20-17(21-10-12-5-6-15(23)14(18)8-12)22-7-3-4-13(11-22)9-16(19)24;/h5-6,8,13,23H,2-4,7,9-11H2,1H3,(H2,19,24)(H,20,21);1H. The van der Waals surface area contributed by atoms with Crippen molar-refractivity contribution in [2.75, 3.05) is 19.6 Å². The van der Waals surface area contributed by atoms with Gasteiger partial charge in [-0.3, -0.25) is 4.79 Å². The Morgan fingerprint density at radius 1 is 1.52 bits per heavy atom. The molecule has 1 heterocycles. The van der Waals surface area contributed by atoms with E-state index in [2.05, 4.69) is 15.2 Å². The van der Waals surface area contributed by atoms with E-state index in [9.17, 15) is 14.3 Å². The molecule has 0 saturated carbocycles. The van der Waals surface area contributed by atoms with Crippen molar-refractivity contribution >= 4 is 35.8 Å². The van der Waals surface area contributed by atoms with E-state index in [1.54, 1.807) is 6.07 Å². The van der Waals surface area contributed by atoms with Crippen LogP contribution in [0.2, 0.25) is 0 Å². The van der Waals surface area contributed by atoms with Gasteiger partial charge in [0.2, 0.25) is 5.91 Å². The fourth-order valence-electron chi connectivity index (χ4n) is 2.95. The van der Waals surface area contributed by atoms with Crippen molar-refractivity contribution in [2.45, 2.75) is 32.7 Å². The van der Waals surface area contributed by atoms with Crippen LogP contribution < -0.4 is 11.1 Å². The van der Waals surface area contributed by atoms with Crippen molar-refractivity contribution < 1.29 is 14.3 Å². The maximum atomic E-state index is 13.4. The van der Waals surface area contributed by atoms with E-state index in [-0.39, 0.29) is 41.6 Å². The average Bonchev–Trinajstić information content (AvgIpc) is 2.54. The quantitative estimate of drug-likeness (QED) is 0.354. The Hall–Kier alpha value is -1.58. The fraction of sp³-hybridized carbons (Fsp3) is 0.529. The number of rotatable bonds is 5. The summed E-state index contributed by atoms with van der Waals surface area (Å²) in [5.74, 6) is -0.290. The van der Waals surface area contributed by atoms with Crippen molar-refractivity contribution in [3.63, 3.8) is 0 Å². The highest BCUT2D eigenvalue weighted by Gasteiger charge is 2.23. The molecule has 0 aliphatic carbocycles. The third-order valence-electron chi connectivity index (χ3n) is 4.07. The molecule has 8 heteroatoms. The maximum Gasteiger partial charge on any atom is 0.217 e. The molecular weight excluding hydrogens is 438 g/mol. The molecule has 1 fully saturated rings. The summed E-state index contributed by atoms with van der Waals surface area (Å²) in [4.78, 5) is 17.8. The number of primary amides is 1. The number of piperidine rings is 1. The molecule has 4 N–H and O–H groups in total. The minimum absolute atomic E-state index is 0. The number of likely N-dealkylation sites (tertiary alicyclic amines) is 1. The summed E-state index contributed by atoms with van der Waals surface area (Å²) < 4.78 is 13.4. The SMILES string of the molecule is CCNC(=NCc1ccc(O)c(F)c1)N1CCCC(CC(N)=O)C1.I. The number of nitrogens with two attached hydrogens (primary N) is 1. The second-order valence-electron chi connectivity index (χ2n) is 6.08. The van der Waals surface area contributed by atoms with E-state index in [1.807, 2.05) is 6.92 Å². The van der Waals surface area contributed by atoms with Crippen molar-refractivity contribution in [3.8, 4) is 5.75 Å². The van der Waals surface area contributed by atoms with Crippen molar-refractivity contribution in [3.05, 3.63) is 29.6 Å². The van der Waals surface area contributed by atoms with Crippen LogP contribution >= 0.6 is 24.0 Å². The predicted molar refractivity (Wildman–Crippen MR) is 106 cm³/mol. The van der Waals surface area contributed by atoms with E-state index in [0.29, 0.717) is 18.5 Å². The fourth-order valence-corrected chi connectivity index (χ4v) is 2.95. The predicted octanol–water partition coefficient (Wildman–Crippen LogP) is 2.20. The summed E-state index contributed by atoms with van der Waals surface area (Å²) in [5, 5.41) is 12.5. The third-order valence-corrected chi connectivity index (χ3v) is 4.07. The van der Waals surface area contributed by atoms with Crippen LogP contribution in [0, 0.1) is 11.7 Å². The molecule has 0 radical (unpaired) electrons. The van der Waals surface area contributed by atoms with Gasteiger partial charge in [-0.1, -0.05) is 6.07 Å². The first-order chi connectivity index (χ1) is 11.5. The topological polar surface area (TPSA) is 91.0 Å². The number of carbonyl (C=O) groups excluding carboxylic acids is 1. The number of nitrogens with zero attached hydrogens (tertiary/aromatic N) is 2. The zero-order valence-corrected chi connectivity index (χ0v) is 16.7. The van der Waals surface area contributed by atoms with Crippen LogP contribution in [0.4, 0.5) is 4.39 Å². The Kier molecular flexibility index (Phi) is 8.95. The number of phenolic OH excluding ortho intramolecular Hbond substituents is 1. The lowest BCUT2D eigenvalue weighted by molar-refractivity contribution is -0.119. The van der Waals surface area contributed by atoms with Crippen LogP contribution in [0.5, 0.6) is 5.75 Å². The third kappa shape index (κ3) is 6.68. The van der Waals surface area contributed by atoms with Gasteiger partial charge in [0, 0.05) is 26.1 Å². The number of amides is 1. The molecule has 1 unspecified atom stereocenters. The van der Waals surface area contributed by atoms with Gasteiger partial charge in [0.05, 0.1) is 6.54 Å². The second-order valence-corrected chi connectivity index (χ2v) is 6.08. The van der Waals surface area contributed by atoms with Gasteiger partial charge in [-0.15, -0.1) is 24.0 Å². The lowest BCUT2D eigenvalue weighted by Gasteiger charge is -2.34. The minimum Gasteiger partial charge on any atom is -0.505 e. The van der Waals surface area contributed by atoms with Gasteiger partial charge in [0.15, 0.2) is 17.5 Å². The molecule has 140 valence electrons. The molecule has 1 aromatic rings. The van der Waals surface area contributed by atoms with Crippen LogP contribution in [0.25, 0.3) is 0 Å². The number of hydrogen-bond acceptors (Lipinski definition) is 3. The molecule has 1 saturated heterocycles. The minimum atomic E-state index is -0.646. The summed E-state index contributed by atoms with van der Waals surface area (Å²) in [6.45, 7) is 4.63. The lowest BCUT2D eigenvalue weighted by Crippen LogP contribution is -2.47. The summed E-state index contributed by atoms with van der Waals surface area (Å²) in [6.07, 6.45) is 2.36. The summed E-state index contributed by atoms with van der Waals surface area (Å²) in [7, 11) is 0. The highest BCUT2D eigenvalue weighted by Crippen LogP contribution is 2.20. The second kappa shape index (κ2) is 10.4. The number of phenols is 1. The van der Waals surface area contributed by atoms with Crippen molar-refractivity contribution in [2.24, 2.45) is 16.6 Å². The molecular formula is C17H26FIN4O2. The van der Waals surface area contributed by atoms with Crippen molar-refractivity contribution in [1.29, 1.82) is 0 Å². The van der Waals surface area contributed by atoms with Crippen LogP contribution in [-0.4, -0.2) is 41.5 Å². The number of carbonyl (C=O) groups is 1. The van der Waals surface area contributed by atoms with Gasteiger partial charge in [-0.05, 0) is 43.4 Å². The zero-order chi connectivity index (χ0) is 17.5. The maximum absolute atomic E-state index is 13.4. The van der Waals surface area contributed by atoms with E-state index in [4.69, 9.17) is 5.73 Å². The largest absolute Gasteiger partial charge is 0.505 e. The molecule has 2 rings (SSSR count). The molecule has 25 heavy (non-hydrogen) atoms. The molecule has 1 amide bonds. The monoisotopic (exact) mass is 464 g/mol. The van der Waals surface area contributed by atoms with E-state index >= 15 is 0 Å². The van der Waals surface area contributed by atoms with Crippen LogP contribution in [0.1, 0.15) is 31.7 Å². The van der Waals surface area contributed by atoms with Crippen LogP contribution in [0.15, 0.2) is 23.2 Å². The highest BCUT2D eigenvalue weighted by molar-refractivity contribution is 14.0. The Labute approximate surface area is 164 Å². The zero-order valence-electron chi connectivity index (χ0n) is 14.4. The smallest absolute Gasteiger partial charge is 0.217 e. The summed E-state index contributed by atoms with van der Waals surface area (Å²) in [6, 6.07) is 4.27. The first-order valence-corrected chi connectivity index (χ1v) is 8.28. The molecule has 0 spiro atoms. The Morgan fingerprint density at radius 3 is 2.92 bits per heavy atom. The molecule has 1 aromatic carbocycles. The van der Waals surface area contributed by atoms with E-state index in [0.717, 1.165) is 38.4 Å². The Morgan fingerprint density at radius 2 is 2.28 bits per heavy atom. The number of aliphatic imine (C=N–C) groups is 1.